The largest absolute Gasteiger partial charge is 0.480 e. The monoisotopic (exact) mass is 430 g/mol. The van der Waals surface area contributed by atoms with E-state index in [2.05, 4.69) is 25.1 Å². The minimum Gasteiger partial charge on any atom is -0.480 e. The second kappa shape index (κ2) is 9.49. The number of aromatic nitrogens is 2. The molecule has 30 heavy (non-hydrogen) atoms. The predicted molar refractivity (Wildman–Crippen MR) is 94.8 cm³/mol. The number of rotatable bonds is 9. The van der Waals surface area contributed by atoms with Gasteiger partial charge in [-0.1, -0.05) is 5.11 Å². The molecule has 4 N–H and O–H groups in total. The third-order valence-electron chi connectivity index (χ3n) is 4.39. The Morgan fingerprint density at radius 3 is 2.83 bits per heavy atom. The molecular formula is C15H19FN6O8. The van der Waals surface area contributed by atoms with Crippen molar-refractivity contribution in [3.05, 3.63) is 33.2 Å². The number of esters is 1. The molecule has 1 fully saturated rings. The number of anilines is 1. The summed E-state index contributed by atoms with van der Waals surface area (Å²) in [6, 6.07) is -0.123. The minimum atomic E-state index is -2.32. The van der Waals surface area contributed by atoms with E-state index in [4.69, 9.17) is 10.3 Å². The van der Waals surface area contributed by atoms with Gasteiger partial charge in [-0.05, 0) is 18.0 Å². The zero-order valence-electron chi connectivity index (χ0n) is 15.6. The molecule has 2 rings (SSSR count). The van der Waals surface area contributed by atoms with Gasteiger partial charge in [0.05, 0.1) is 13.7 Å². The Hall–Kier alpha value is -3.26. The van der Waals surface area contributed by atoms with Gasteiger partial charge in [-0.15, -0.1) is 0 Å². The molecule has 2 heterocycles. The topological polar surface area (TPSA) is 209 Å². The molecule has 1 unspecified atom stereocenters. The van der Waals surface area contributed by atoms with Crippen LogP contribution in [0.5, 0.6) is 0 Å². The van der Waals surface area contributed by atoms with Gasteiger partial charge in [0.2, 0.25) is 5.72 Å². The van der Waals surface area contributed by atoms with Crippen molar-refractivity contribution in [3.8, 4) is 0 Å². The van der Waals surface area contributed by atoms with Crippen molar-refractivity contribution < 1.29 is 38.8 Å². The van der Waals surface area contributed by atoms with Gasteiger partial charge in [-0.25, -0.2) is 14.0 Å². The maximum atomic E-state index is 14.5. The average molecular weight is 430 g/mol. The first-order valence-electron chi connectivity index (χ1n) is 8.51. The number of aliphatic hydroxyl groups is 2. The Labute approximate surface area is 167 Å². The summed E-state index contributed by atoms with van der Waals surface area (Å²) in [4.78, 5) is 40.8. The lowest BCUT2D eigenvalue weighted by molar-refractivity contribution is -0.141. The molecule has 5 atom stereocenters. The summed E-state index contributed by atoms with van der Waals surface area (Å²) >= 11 is 0. The molecule has 0 aromatic carbocycles. The summed E-state index contributed by atoms with van der Waals surface area (Å²) in [5, 5.41) is 34.1. The van der Waals surface area contributed by atoms with Crippen molar-refractivity contribution in [1.29, 1.82) is 0 Å². The van der Waals surface area contributed by atoms with Crippen molar-refractivity contribution in [2.24, 2.45) is 5.11 Å². The number of hydrogen-bond acceptors (Lipinski definition) is 10. The number of aliphatic hydroxyl groups excluding tert-OH is 2. The molecule has 1 aliphatic rings. The summed E-state index contributed by atoms with van der Waals surface area (Å²) in [5.74, 6) is -2.10. The van der Waals surface area contributed by atoms with Crippen LogP contribution in [0.4, 0.5) is 10.2 Å². The van der Waals surface area contributed by atoms with Crippen LogP contribution in [-0.2, 0) is 19.1 Å². The number of hydrogen-bond donors (Lipinski definition) is 4. The fourth-order valence-corrected chi connectivity index (χ4v) is 2.77. The normalized spacial score (nSPS) is 26.5. The van der Waals surface area contributed by atoms with Crippen LogP contribution in [0.25, 0.3) is 10.4 Å². The van der Waals surface area contributed by atoms with Crippen LogP contribution in [0.2, 0.25) is 0 Å². The first kappa shape index (κ1) is 23.0. The maximum absolute atomic E-state index is 14.5. The molecule has 164 valence electrons. The minimum absolute atomic E-state index is 0.150. The van der Waals surface area contributed by atoms with E-state index in [1.54, 1.807) is 0 Å². The highest BCUT2D eigenvalue weighted by Crippen LogP contribution is 2.39. The van der Waals surface area contributed by atoms with Crippen molar-refractivity contribution in [2.45, 2.75) is 43.1 Å². The number of nitrogens with one attached hydrogen (secondary N) is 1. The van der Waals surface area contributed by atoms with Crippen molar-refractivity contribution in [3.63, 3.8) is 0 Å². The Morgan fingerprint density at radius 1 is 1.60 bits per heavy atom. The summed E-state index contributed by atoms with van der Waals surface area (Å²) in [7, 11) is 1.15. The first-order valence-corrected chi connectivity index (χ1v) is 8.51. The van der Waals surface area contributed by atoms with Gasteiger partial charge < -0.3 is 30.1 Å². The highest BCUT2D eigenvalue weighted by atomic mass is 19.1. The van der Waals surface area contributed by atoms with Gasteiger partial charge in [0.15, 0.2) is 12.4 Å². The van der Waals surface area contributed by atoms with Gasteiger partial charge in [-0.3, -0.25) is 9.36 Å². The molecule has 0 spiro atoms. The highest BCUT2D eigenvalue weighted by Gasteiger charge is 2.56. The second-order valence-electron chi connectivity index (χ2n) is 6.24. The van der Waals surface area contributed by atoms with Crippen LogP contribution >= 0.6 is 0 Å². The number of methoxy groups -OCH3 is 1. The number of carboxylic acids is 1. The van der Waals surface area contributed by atoms with Crippen LogP contribution in [0, 0.1) is 0 Å². The quantitative estimate of drug-likeness (QED) is 0.167. The fraction of sp³-hybridized carbons (Fsp3) is 0.600. The van der Waals surface area contributed by atoms with Gasteiger partial charge in [0.25, 0.3) is 0 Å². The van der Waals surface area contributed by atoms with E-state index in [1.807, 2.05) is 0 Å². The molecule has 1 aliphatic heterocycles. The number of carbonyl (C=O) groups is 2. The van der Waals surface area contributed by atoms with Crippen molar-refractivity contribution >= 4 is 17.8 Å². The predicted octanol–water partition coefficient (Wildman–Crippen LogP) is -0.712. The highest BCUT2D eigenvalue weighted by molar-refractivity contribution is 5.78. The number of carbonyl (C=O) groups excluding carboxylic acids is 1. The molecule has 14 nitrogen and oxygen atoms in total. The zero-order chi connectivity index (χ0) is 22.5. The van der Waals surface area contributed by atoms with Crippen LogP contribution in [0.1, 0.15) is 19.1 Å². The molecule has 0 radical (unpaired) electrons. The van der Waals surface area contributed by atoms with E-state index >= 15 is 0 Å². The number of ether oxygens (including phenoxy) is 2. The average Bonchev–Trinajstić information content (AvgIpc) is 2.96. The standard InChI is InChI=1S/C15H19FN6O8/c1-29-9(24)3-2-7(13(26)27)18-8-4-5-22(14(28)19-8)12-10(16)11(25)15(6-23,30-12)20-21-17/h4-5,7,10-12,23,25H,2-3,6H2,1H3,(H,26,27)(H,18,19,28)/t7-,10-,11-,12+,15?/m0/s1. The molecule has 0 aliphatic carbocycles. The third-order valence-corrected chi connectivity index (χ3v) is 4.39. The molecule has 1 aromatic rings. The maximum Gasteiger partial charge on any atom is 0.351 e. The van der Waals surface area contributed by atoms with Gasteiger partial charge in [0, 0.05) is 17.5 Å². The summed E-state index contributed by atoms with van der Waals surface area (Å²) < 4.78 is 24.7. The molecule has 1 saturated heterocycles. The third kappa shape index (κ3) is 4.65. The number of alkyl halides is 1. The number of azide groups is 1. The smallest absolute Gasteiger partial charge is 0.351 e. The molecule has 0 bridgehead atoms. The Balaban J connectivity index is 2.22. The Kier molecular flexibility index (Phi) is 7.28. The van der Waals surface area contributed by atoms with Crippen molar-refractivity contribution in [1.82, 2.24) is 9.55 Å². The van der Waals surface area contributed by atoms with Gasteiger partial charge in [0.1, 0.15) is 18.0 Å². The van der Waals surface area contributed by atoms with E-state index < -0.39 is 54.5 Å². The second-order valence-corrected chi connectivity index (χ2v) is 6.24. The molecule has 15 heteroatoms. The SMILES string of the molecule is COC(=O)CC[C@H](Nc1ccn([C@@H]2OC(CO)(N=[N+]=[N-])[C@@H](O)[C@@H]2F)c(=O)n1)C(=O)O. The van der Waals surface area contributed by atoms with E-state index in [-0.39, 0.29) is 18.7 Å². The number of aliphatic carboxylic acids is 1. The van der Waals surface area contributed by atoms with Gasteiger partial charge in [-0.2, -0.15) is 4.98 Å². The number of halogens is 1. The van der Waals surface area contributed by atoms with E-state index in [0.717, 1.165) is 19.4 Å². The Bertz CT molecular complexity index is 905. The molecular weight excluding hydrogens is 411 g/mol. The first-order chi connectivity index (χ1) is 14.2. The molecule has 1 aromatic heterocycles. The number of nitrogens with zero attached hydrogens (tertiary/aromatic N) is 5. The van der Waals surface area contributed by atoms with E-state index in [1.165, 1.54) is 0 Å². The lowest BCUT2D eigenvalue weighted by atomic mass is 10.1. The zero-order valence-corrected chi connectivity index (χ0v) is 15.6. The van der Waals surface area contributed by atoms with Crippen LogP contribution in [-0.4, -0.2) is 74.6 Å². The summed E-state index contributed by atoms with van der Waals surface area (Å²) in [6.07, 6.45) is -5.39. The van der Waals surface area contributed by atoms with Crippen LogP contribution in [0.15, 0.2) is 22.2 Å². The molecule has 0 saturated carbocycles. The Morgan fingerprint density at radius 2 is 2.30 bits per heavy atom. The lowest BCUT2D eigenvalue weighted by Crippen LogP contribution is -2.43. The summed E-state index contributed by atoms with van der Waals surface area (Å²) in [6.45, 7) is -1.04. The van der Waals surface area contributed by atoms with E-state index in [9.17, 15) is 34.1 Å². The summed E-state index contributed by atoms with van der Waals surface area (Å²) in [5.41, 5.74) is 5.17. The van der Waals surface area contributed by atoms with Gasteiger partial charge >= 0.3 is 17.6 Å². The van der Waals surface area contributed by atoms with Crippen molar-refractivity contribution in [2.75, 3.05) is 19.0 Å². The molecule has 0 amide bonds. The van der Waals surface area contributed by atoms with Crippen LogP contribution < -0.4 is 11.0 Å². The lowest BCUT2D eigenvalue weighted by Gasteiger charge is -2.23. The van der Waals surface area contributed by atoms with Crippen LogP contribution in [0.3, 0.4) is 0 Å². The fourth-order valence-electron chi connectivity index (χ4n) is 2.77. The number of carboxylic acid groups (broad SMARTS) is 1. The van der Waals surface area contributed by atoms with E-state index in [0.29, 0.717) is 4.57 Å².